The van der Waals surface area contributed by atoms with E-state index < -0.39 is 0 Å². The van der Waals surface area contributed by atoms with Gasteiger partial charge in [0.15, 0.2) is 0 Å². The Morgan fingerprint density at radius 1 is 1.25 bits per heavy atom. The van der Waals surface area contributed by atoms with E-state index in [-0.39, 0.29) is 0 Å². The van der Waals surface area contributed by atoms with E-state index >= 15 is 0 Å². The van der Waals surface area contributed by atoms with Gasteiger partial charge in [0.25, 0.3) is 0 Å². The van der Waals surface area contributed by atoms with E-state index in [1.54, 1.807) is 14.2 Å². The molecule has 0 aliphatic heterocycles. The van der Waals surface area contributed by atoms with Crippen molar-refractivity contribution in [2.45, 2.75) is 6.54 Å². The van der Waals surface area contributed by atoms with E-state index in [1.807, 2.05) is 0 Å². The number of hydrogen-bond donors (Lipinski definition) is 0. The Balaban J connectivity index is 2.45. The van der Waals surface area contributed by atoms with Crippen molar-refractivity contribution in [3.63, 3.8) is 0 Å². The number of methoxy groups -OCH3 is 2. The maximum atomic E-state index is 5.96. The molecule has 0 N–H and O–H groups in total. The largest absolute Gasteiger partial charge is 0.383 e. The van der Waals surface area contributed by atoms with E-state index in [4.69, 9.17) is 21.1 Å². The van der Waals surface area contributed by atoms with Crippen molar-refractivity contribution in [2.75, 3.05) is 40.5 Å². The lowest BCUT2D eigenvalue weighted by molar-refractivity contribution is 0.109. The van der Waals surface area contributed by atoms with Gasteiger partial charge in [-0.1, -0.05) is 16.1 Å². The van der Waals surface area contributed by atoms with Crippen LogP contribution in [0.4, 0.5) is 0 Å². The Hall–Kier alpha value is -0.270. The topological polar surface area (TPSA) is 47.5 Å². The molecule has 0 bridgehead atoms. The van der Waals surface area contributed by atoms with E-state index in [0.717, 1.165) is 18.8 Å². The number of aromatic nitrogens is 2. The van der Waals surface area contributed by atoms with Gasteiger partial charge in [0, 0.05) is 45.4 Å². The molecule has 0 aromatic carbocycles. The summed E-state index contributed by atoms with van der Waals surface area (Å²) >= 11 is 7.17. The summed E-state index contributed by atoms with van der Waals surface area (Å²) in [5, 5.41) is 3.99. The standard InChI is InChI=1S/C9H16ClN3O2S/c1-14-5-3-13(4-6-15-2)7-8-9(10)16-12-11-8/h3-7H2,1-2H3. The number of hydrogen-bond acceptors (Lipinski definition) is 6. The van der Waals surface area contributed by atoms with E-state index in [1.165, 1.54) is 11.5 Å². The Labute approximate surface area is 104 Å². The van der Waals surface area contributed by atoms with Gasteiger partial charge in [0.2, 0.25) is 0 Å². The van der Waals surface area contributed by atoms with Crippen molar-refractivity contribution in [3.05, 3.63) is 10.0 Å². The molecule has 0 radical (unpaired) electrons. The highest BCUT2D eigenvalue weighted by Gasteiger charge is 2.11. The molecule has 92 valence electrons. The fraction of sp³-hybridized carbons (Fsp3) is 0.778. The molecule has 7 heteroatoms. The van der Waals surface area contributed by atoms with E-state index in [0.29, 0.717) is 24.1 Å². The molecule has 0 spiro atoms. The smallest absolute Gasteiger partial charge is 0.138 e. The minimum Gasteiger partial charge on any atom is -0.383 e. The van der Waals surface area contributed by atoms with Gasteiger partial charge in [0.05, 0.1) is 13.2 Å². The molecule has 0 aliphatic rings. The molecule has 0 unspecified atom stereocenters. The Morgan fingerprint density at radius 3 is 2.31 bits per heavy atom. The third-order valence-electron chi connectivity index (χ3n) is 2.11. The summed E-state index contributed by atoms with van der Waals surface area (Å²) in [5.41, 5.74) is 0.818. The average molecular weight is 266 g/mol. The molecule has 16 heavy (non-hydrogen) atoms. The highest BCUT2D eigenvalue weighted by Crippen LogP contribution is 2.18. The molecule has 5 nitrogen and oxygen atoms in total. The summed E-state index contributed by atoms with van der Waals surface area (Å²) < 4.78 is 14.6. The van der Waals surface area contributed by atoms with Crippen LogP contribution in [0.3, 0.4) is 0 Å². The molecule has 0 atom stereocenters. The van der Waals surface area contributed by atoms with Crippen molar-refractivity contribution in [1.29, 1.82) is 0 Å². The molecule has 0 amide bonds. The monoisotopic (exact) mass is 265 g/mol. The first-order valence-electron chi connectivity index (χ1n) is 4.95. The molecular weight excluding hydrogens is 250 g/mol. The summed E-state index contributed by atoms with van der Waals surface area (Å²) in [6, 6.07) is 0. The number of halogens is 1. The van der Waals surface area contributed by atoms with Gasteiger partial charge in [-0.2, -0.15) is 0 Å². The Morgan fingerprint density at radius 2 is 1.88 bits per heavy atom. The first kappa shape index (κ1) is 13.8. The van der Waals surface area contributed by atoms with Crippen LogP contribution in [0.15, 0.2) is 0 Å². The minimum absolute atomic E-state index is 0.653. The quantitative estimate of drug-likeness (QED) is 0.709. The summed E-state index contributed by atoms with van der Waals surface area (Å²) in [4.78, 5) is 2.18. The average Bonchev–Trinajstić information content (AvgIpc) is 2.68. The second-order valence-electron chi connectivity index (χ2n) is 3.26. The van der Waals surface area contributed by atoms with E-state index in [9.17, 15) is 0 Å². The lowest BCUT2D eigenvalue weighted by atomic mass is 10.4. The Bertz CT molecular complexity index is 290. The van der Waals surface area contributed by atoms with Crippen molar-refractivity contribution in [2.24, 2.45) is 0 Å². The summed E-state index contributed by atoms with van der Waals surface area (Å²) in [7, 11) is 3.37. The van der Waals surface area contributed by atoms with Crippen molar-refractivity contribution in [1.82, 2.24) is 14.5 Å². The fourth-order valence-corrected chi connectivity index (χ4v) is 1.83. The van der Waals surface area contributed by atoms with Crippen LogP contribution in [0, 0.1) is 0 Å². The second-order valence-corrected chi connectivity index (χ2v) is 4.61. The number of nitrogens with zero attached hydrogens (tertiary/aromatic N) is 3. The van der Waals surface area contributed by atoms with Crippen LogP contribution >= 0.6 is 23.1 Å². The molecule has 0 fully saturated rings. The molecule has 1 heterocycles. The van der Waals surface area contributed by atoms with Crippen LogP contribution < -0.4 is 0 Å². The lowest BCUT2D eigenvalue weighted by Crippen LogP contribution is -2.30. The van der Waals surface area contributed by atoms with Crippen molar-refractivity contribution in [3.8, 4) is 0 Å². The molecule has 0 saturated carbocycles. The van der Waals surface area contributed by atoms with Gasteiger partial charge in [-0.3, -0.25) is 4.90 Å². The first-order valence-corrected chi connectivity index (χ1v) is 6.10. The third-order valence-corrected chi connectivity index (χ3v) is 3.09. The van der Waals surface area contributed by atoms with Crippen LogP contribution in [0.2, 0.25) is 4.34 Å². The van der Waals surface area contributed by atoms with Crippen LogP contribution in [-0.2, 0) is 16.0 Å². The highest BCUT2D eigenvalue weighted by molar-refractivity contribution is 7.10. The predicted octanol–water partition coefficient (Wildman–Crippen LogP) is 1.29. The maximum Gasteiger partial charge on any atom is 0.138 e. The van der Waals surface area contributed by atoms with E-state index in [2.05, 4.69) is 14.5 Å². The van der Waals surface area contributed by atoms with Gasteiger partial charge in [-0.05, 0) is 0 Å². The molecular formula is C9H16ClN3O2S. The van der Waals surface area contributed by atoms with Crippen LogP contribution in [0.25, 0.3) is 0 Å². The van der Waals surface area contributed by atoms with Crippen LogP contribution in [-0.4, -0.2) is 55.0 Å². The Kier molecular flexibility index (Phi) is 6.82. The van der Waals surface area contributed by atoms with Gasteiger partial charge in [-0.15, -0.1) is 5.10 Å². The molecule has 1 aromatic heterocycles. The molecule has 1 aromatic rings. The van der Waals surface area contributed by atoms with Gasteiger partial charge in [0.1, 0.15) is 10.0 Å². The summed E-state index contributed by atoms with van der Waals surface area (Å²) in [5.74, 6) is 0. The summed E-state index contributed by atoms with van der Waals surface area (Å²) in [6.45, 7) is 3.70. The SMILES string of the molecule is COCCN(CCOC)Cc1nnsc1Cl. The molecule has 0 saturated heterocycles. The fourth-order valence-electron chi connectivity index (χ4n) is 1.21. The normalized spacial score (nSPS) is 11.2. The van der Waals surface area contributed by atoms with Crippen LogP contribution in [0.5, 0.6) is 0 Å². The summed E-state index contributed by atoms with van der Waals surface area (Å²) in [6.07, 6.45) is 0. The zero-order valence-corrected chi connectivity index (χ0v) is 11.1. The zero-order chi connectivity index (χ0) is 11.8. The third kappa shape index (κ3) is 4.71. The predicted molar refractivity (Wildman–Crippen MR) is 63.9 cm³/mol. The first-order chi connectivity index (χ1) is 7.77. The molecule has 0 aliphatic carbocycles. The number of rotatable bonds is 8. The van der Waals surface area contributed by atoms with Crippen molar-refractivity contribution >= 4 is 23.1 Å². The number of ether oxygens (including phenoxy) is 2. The molecule has 1 rings (SSSR count). The van der Waals surface area contributed by atoms with Gasteiger partial charge in [-0.25, -0.2) is 0 Å². The second kappa shape index (κ2) is 7.92. The lowest BCUT2D eigenvalue weighted by Gasteiger charge is -2.20. The van der Waals surface area contributed by atoms with Gasteiger partial charge < -0.3 is 9.47 Å². The maximum absolute atomic E-state index is 5.96. The van der Waals surface area contributed by atoms with Crippen LogP contribution in [0.1, 0.15) is 5.69 Å². The zero-order valence-electron chi connectivity index (χ0n) is 9.48. The van der Waals surface area contributed by atoms with Gasteiger partial charge >= 0.3 is 0 Å². The van der Waals surface area contributed by atoms with Crippen molar-refractivity contribution < 1.29 is 9.47 Å². The highest BCUT2D eigenvalue weighted by atomic mass is 35.5. The minimum atomic E-state index is 0.653.